The van der Waals surface area contributed by atoms with Crippen LogP contribution in [0.2, 0.25) is 0 Å². The molecule has 0 spiro atoms. The summed E-state index contributed by atoms with van der Waals surface area (Å²) in [5.74, 6) is -0.386. The van der Waals surface area contributed by atoms with E-state index in [9.17, 15) is 9.90 Å². The van der Waals surface area contributed by atoms with Crippen molar-refractivity contribution in [3.8, 4) is 0 Å². The third-order valence-electron chi connectivity index (χ3n) is 2.63. The van der Waals surface area contributed by atoms with Crippen molar-refractivity contribution in [2.75, 3.05) is 7.11 Å². The normalized spacial score (nSPS) is 11.8. The van der Waals surface area contributed by atoms with Crippen LogP contribution >= 0.6 is 0 Å². The second kappa shape index (κ2) is 4.42. The number of carbonyl (C=O) groups is 1. The van der Waals surface area contributed by atoms with E-state index in [1.807, 2.05) is 6.07 Å². The summed E-state index contributed by atoms with van der Waals surface area (Å²) in [7, 11) is 1.35. The molecule has 0 saturated carbocycles. The van der Waals surface area contributed by atoms with Gasteiger partial charge in [-0.3, -0.25) is 4.68 Å². The molecule has 0 aliphatic heterocycles. The van der Waals surface area contributed by atoms with Crippen molar-refractivity contribution in [2.24, 2.45) is 0 Å². The number of nitrogens with zero attached hydrogens (tertiary/aromatic N) is 2. The molecule has 5 nitrogen and oxygen atoms in total. The summed E-state index contributed by atoms with van der Waals surface area (Å²) in [6.07, 6.45) is 1.62. The molecule has 2 aromatic rings. The molecule has 0 amide bonds. The number of hydrogen-bond donors (Lipinski definition) is 1. The van der Waals surface area contributed by atoms with Gasteiger partial charge in [0.1, 0.15) is 0 Å². The van der Waals surface area contributed by atoms with Crippen LogP contribution in [-0.2, 0) is 11.3 Å². The third-order valence-corrected chi connectivity index (χ3v) is 2.63. The van der Waals surface area contributed by atoms with Gasteiger partial charge in [-0.2, -0.15) is 5.10 Å². The fourth-order valence-electron chi connectivity index (χ4n) is 1.88. The number of aromatic nitrogens is 2. The summed E-state index contributed by atoms with van der Waals surface area (Å²) in [6.45, 7) is 3.79. The lowest BCUT2D eigenvalue weighted by Gasteiger charge is -2.17. The van der Waals surface area contributed by atoms with Crippen molar-refractivity contribution < 1.29 is 14.6 Å². The average Bonchev–Trinajstić information content (AvgIpc) is 2.69. The standard InChI is InChI=1S/C13H16N2O3/c1-13(2,17)8-15-11-6-4-5-9(12(16)18-3)10(11)7-14-15/h4-7,17H,8H2,1-3H3. The first-order chi connectivity index (χ1) is 8.42. The molecule has 18 heavy (non-hydrogen) atoms. The Balaban J connectivity index is 2.52. The molecule has 96 valence electrons. The SMILES string of the molecule is COC(=O)c1cccc2c1cnn2CC(C)(C)O. The Morgan fingerprint density at radius 1 is 1.50 bits per heavy atom. The first-order valence-electron chi connectivity index (χ1n) is 5.67. The van der Waals surface area contributed by atoms with Crippen LogP contribution in [0.1, 0.15) is 24.2 Å². The van der Waals surface area contributed by atoms with E-state index in [0.29, 0.717) is 12.1 Å². The van der Waals surface area contributed by atoms with E-state index < -0.39 is 5.60 Å². The Morgan fingerprint density at radius 2 is 2.22 bits per heavy atom. The maximum absolute atomic E-state index is 11.6. The van der Waals surface area contributed by atoms with Crippen LogP contribution in [0.25, 0.3) is 10.9 Å². The predicted molar refractivity (Wildman–Crippen MR) is 67.4 cm³/mol. The number of aliphatic hydroxyl groups is 1. The number of ether oxygens (including phenoxy) is 1. The fraction of sp³-hybridized carbons (Fsp3) is 0.385. The monoisotopic (exact) mass is 248 g/mol. The highest BCUT2D eigenvalue weighted by Crippen LogP contribution is 2.20. The Bertz CT molecular complexity index is 581. The van der Waals surface area contributed by atoms with E-state index >= 15 is 0 Å². The number of benzene rings is 1. The van der Waals surface area contributed by atoms with Crippen LogP contribution in [0.4, 0.5) is 0 Å². The Hall–Kier alpha value is -1.88. The van der Waals surface area contributed by atoms with E-state index in [1.54, 1.807) is 36.9 Å². The molecule has 0 bridgehead atoms. The topological polar surface area (TPSA) is 64.3 Å². The number of hydrogen-bond acceptors (Lipinski definition) is 4. The van der Waals surface area contributed by atoms with Crippen LogP contribution in [0.15, 0.2) is 24.4 Å². The molecule has 5 heteroatoms. The van der Waals surface area contributed by atoms with E-state index in [4.69, 9.17) is 4.74 Å². The van der Waals surface area contributed by atoms with Crippen LogP contribution in [0.5, 0.6) is 0 Å². The van der Waals surface area contributed by atoms with Crippen LogP contribution in [0.3, 0.4) is 0 Å². The van der Waals surface area contributed by atoms with Gasteiger partial charge in [0.2, 0.25) is 0 Å². The zero-order valence-electron chi connectivity index (χ0n) is 10.7. The number of esters is 1. The molecule has 2 rings (SSSR count). The first kappa shape index (κ1) is 12.6. The first-order valence-corrected chi connectivity index (χ1v) is 5.67. The second-order valence-corrected chi connectivity index (χ2v) is 4.84. The average molecular weight is 248 g/mol. The summed E-state index contributed by atoms with van der Waals surface area (Å²) >= 11 is 0. The van der Waals surface area contributed by atoms with Crippen molar-refractivity contribution in [3.63, 3.8) is 0 Å². The van der Waals surface area contributed by atoms with Crippen molar-refractivity contribution in [2.45, 2.75) is 26.0 Å². The smallest absolute Gasteiger partial charge is 0.338 e. The highest BCUT2D eigenvalue weighted by Gasteiger charge is 2.18. The minimum absolute atomic E-state index is 0.362. The Morgan fingerprint density at radius 3 is 2.83 bits per heavy atom. The van der Waals surface area contributed by atoms with Crippen LogP contribution in [0, 0.1) is 0 Å². The van der Waals surface area contributed by atoms with Gasteiger partial charge in [-0.15, -0.1) is 0 Å². The lowest BCUT2D eigenvalue weighted by atomic mass is 10.1. The zero-order valence-corrected chi connectivity index (χ0v) is 10.7. The number of fused-ring (bicyclic) bond motifs is 1. The molecule has 0 unspecified atom stereocenters. The molecule has 1 aromatic carbocycles. The maximum atomic E-state index is 11.6. The molecule has 0 saturated heterocycles. The maximum Gasteiger partial charge on any atom is 0.338 e. The van der Waals surface area contributed by atoms with Gasteiger partial charge in [-0.1, -0.05) is 6.07 Å². The molecule has 1 N–H and O–H groups in total. The molecule has 0 aliphatic carbocycles. The van der Waals surface area contributed by atoms with Gasteiger partial charge in [0.15, 0.2) is 0 Å². The van der Waals surface area contributed by atoms with Gasteiger partial charge in [0.05, 0.1) is 36.5 Å². The van der Waals surface area contributed by atoms with Gasteiger partial charge < -0.3 is 9.84 Å². The van der Waals surface area contributed by atoms with Crippen molar-refractivity contribution in [1.29, 1.82) is 0 Å². The van der Waals surface area contributed by atoms with Crippen molar-refractivity contribution in [1.82, 2.24) is 9.78 Å². The lowest BCUT2D eigenvalue weighted by molar-refractivity contribution is 0.0589. The van der Waals surface area contributed by atoms with Gasteiger partial charge in [-0.25, -0.2) is 4.79 Å². The minimum atomic E-state index is -0.861. The Kier molecular flexibility index (Phi) is 3.09. The highest BCUT2D eigenvalue weighted by molar-refractivity contribution is 6.03. The van der Waals surface area contributed by atoms with E-state index in [1.165, 1.54) is 7.11 Å². The lowest BCUT2D eigenvalue weighted by Crippen LogP contribution is -2.26. The molecule has 1 heterocycles. The Labute approximate surface area is 105 Å². The van der Waals surface area contributed by atoms with E-state index in [0.717, 1.165) is 10.9 Å². The molecule has 0 atom stereocenters. The molecular formula is C13H16N2O3. The third kappa shape index (κ3) is 2.36. The van der Waals surface area contributed by atoms with Crippen molar-refractivity contribution in [3.05, 3.63) is 30.0 Å². The number of methoxy groups -OCH3 is 1. The van der Waals surface area contributed by atoms with Gasteiger partial charge >= 0.3 is 5.97 Å². The number of rotatable bonds is 3. The minimum Gasteiger partial charge on any atom is -0.465 e. The molecule has 0 aliphatic rings. The summed E-state index contributed by atoms with van der Waals surface area (Å²) in [6, 6.07) is 5.34. The molecule has 0 fully saturated rings. The summed E-state index contributed by atoms with van der Waals surface area (Å²) in [4.78, 5) is 11.6. The largest absolute Gasteiger partial charge is 0.465 e. The van der Waals surface area contributed by atoms with Crippen LogP contribution in [-0.4, -0.2) is 33.6 Å². The van der Waals surface area contributed by atoms with Gasteiger partial charge in [-0.05, 0) is 26.0 Å². The highest BCUT2D eigenvalue weighted by atomic mass is 16.5. The second-order valence-electron chi connectivity index (χ2n) is 4.84. The zero-order chi connectivity index (χ0) is 13.3. The molecular weight excluding hydrogens is 232 g/mol. The fourth-order valence-corrected chi connectivity index (χ4v) is 1.88. The quantitative estimate of drug-likeness (QED) is 0.838. The van der Waals surface area contributed by atoms with Crippen LogP contribution < -0.4 is 0 Å². The van der Waals surface area contributed by atoms with E-state index in [2.05, 4.69) is 5.10 Å². The molecule has 0 radical (unpaired) electrons. The number of carbonyl (C=O) groups excluding carboxylic acids is 1. The van der Waals surface area contributed by atoms with Gasteiger partial charge in [0.25, 0.3) is 0 Å². The molecule has 1 aromatic heterocycles. The predicted octanol–water partition coefficient (Wildman–Crippen LogP) is 1.59. The summed E-state index contributed by atoms with van der Waals surface area (Å²) < 4.78 is 6.41. The summed E-state index contributed by atoms with van der Waals surface area (Å²) in [5, 5.41) is 14.8. The van der Waals surface area contributed by atoms with Crippen molar-refractivity contribution >= 4 is 16.9 Å². The summed E-state index contributed by atoms with van der Waals surface area (Å²) in [5.41, 5.74) is 0.428. The van der Waals surface area contributed by atoms with Gasteiger partial charge in [0, 0.05) is 5.39 Å². The van der Waals surface area contributed by atoms with E-state index in [-0.39, 0.29) is 5.97 Å².